The van der Waals surface area contributed by atoms with Crippen molar-refractivity contribution in [2.24, 2.45) is 0 Å². The van der Waals surface area contributed by atoms with Crippen molar-refractivity contribution in [3.63, 3.8) is 0 Å². The normalized spacial score (nSPS) is 10.1. The zero-order valence-corrected chi connectivity index (χ0v) is 13.1. The molecule has 0 aliphatic rings. The van der Waals surface area contributed by atoms with Gasteiger partial charge in [0.05, 0.1) is 5.75 Å². The Labute approximate surface area is 132 Å². The third-order valence-electron chi connectivity index (χ3n) is 2.65. The third-order valence-corrected chi connectivity index (χ3v) is 3.56. The van der Waals surface area contributed by atoms with Gasteiger partial charge in [-0.15, -0.1) is 0 Å². The minimum Gasteiger partial charge on any atom is -0.272 e. The zero-order valence-electron chi connectivity index (χ0n) is 12.3. The fourth-order valence-electron chi connectivity index (χ4n) is 1.72. The summed E-state index contributed by atoms with van der Waals surface area (Å²) in [5, 5.41) is 0.731. The molecule has 0 saturated heterocycles. The van der Waals surface area contributed by atoms with Gasteiger partial charge in [0.2, 0.25) is 5.91 Å². The van der Waals surface area contributed by atoms with E-state index in [1.54, 1.807) is 31.2 Å². The van der Waals surface area contributed by atoms with Gasteiger partial charge in [0.1, 0.15) is 10.9 Å². The maximum atomic E-state index is 11.8. The summed E-state index contributed by atoms with van der Waals surface area (Å²) in [5.41, 5.74) is 6.09. The summed E-state index contributed by atoms with van der Waals surface area (Å²) in [6.45, 7) is 3.68. The van der Waals surface area contributed by atoms with Crippen LogP contribution in [0.25, 0.3) is 0 Å². The van der Waals surface area contributed by atoms with Crippen molar-refractivity contribution >= 4 is 23.6 Å². The highest BCUT2D eigenvalue weighted by Crippen LogP contribution is 2.15. The second-order valence-corrected chi connectivity index (χ2v) is 5.55. The molecule has 2 N–H and O–H groups in total. The maximum Gasteiger partial charge on any atom is 0.269 e. The number of aromatic nitrogens is 2. The Morgan fingerprint density at radius 2 is 1.82 bits per heavy atom. The van der Waals surface area contributed by atoms with Crippen LogP contribution in [0, 0.1) is 13.8 Å². The summed E-state index contributed by atoms with van der Waals surface area (Å²) in [7, 11) is 0. The first-order valence-corrected chi connectivity index (χ1v) is 7.62. The van der Waals surface area contributed by atoms with Crippen molar-refractivity contribution in [2.45, 2.75) is 18.9 Å². The molecule has 7 heteroatoms. The Hall–Kier alpha value is -2.41. The highest BCUT2D eigenvalue weighted by Gasteiger charge is 2.08. The van der Waals surface area contributed by atoms with Crippen LogP contribution < -0.4 is 10.9 Å². The molecule has 6 nitrogen and oxygen atoms in total. The molecule has 2 aromatic rings. The largest absolute Gasteiger partial charge is 0.272 e. The van der Waals surface area contributed by atoms with E-state index in [0.29, 0.717) is 11.4 Å². The smallest absolute Gasteiger partial charge is 0.269 e. The Morgan fingerprint density at radius 1 is 1.09 bits per heavy atom. The molecule has 0 aliphatic heterocycles. The van der Waals surface area contributed by atoms with Gasteiger partial charge in [-0.1, -0.05) is 30.0 Å². The molecule has 1 aromatic carbocycles. The van der Waals surface area contributed by atoms with E-state index in [1.807, 2.05) is 19.1 Å². The molecule has 0 bridgehead atoms. The van der Waals surface area contributed by atoms with Crippen LogP contribution >= 0.6 is 11.8 Å². The molecule has 0 unspecified atom stereocenters. The Balaban J connectivity index is 1.80. The lowest BCUT2D eigenvalue weighted by atomic mass is 10.2. The van der Waals surface area contributed by atoms with Crippen LogP contribution in [-0.4, -0.2) is 27.5 Å². The highest BCUT2D eigenvalue weighted by atomic mass is 32.2. The van der Waals surface area contributed by atoms with E-state index in [9.17, 15) is 9.59 Å². The highest BCUT2D eigenvalue weighted by molar-refractivity contribution is 7.99. The molecular weight excluding hydrogens is 300 g/mol. The number of nitrogens with one attached hydrogen (secondary N) is 2. The number of amides is 2. The van der Waals surface area contributed by atoms with Crippen LogP contribution in [0.1, 0.15) is 21.9 Å². The van der Waals surface area contributed by atoms with Crippen molar-refractivity contribution in [1.29, 1.82) is 0 Å². The van der Waals surface area contributed by atoms with E-state index in [-0.39, 0.29) is 17.6 Å². The molecule has 22 heavy (non-hydrogen) atoms. The van der Waals surface area contributed by atoms with Gasteiger partial charge in [0.15, 0.2) is 0 Å². The van der Waals surface area contributed by atoms with Crippen LogP contribution in [0.2, 0.25) is 0 Å². The van der Waals surface area contributed by atoms with Crippen LogP contribution in [0.4, 0.5) is 0 Å². The van der Waals surface area contributed by atoms with Crippen molar-refractivity contribution < 1.29 is 9.59 Å². The first kappa shape index (κ1) is 16.0. The number of carbonyl (C=O) groups excluding carboxylic acids is 2. The molecule has 1 heterocycles. The van der Waals surface area contributed by atoms with Crippen LogP contribution in [0.15, 0.2) is 41.4 Å². The molecule has 0 aliphatic carbocycles. The lowest BCUT2D eigenvalue weighted by molar-refractivity contribution is -0.119. The zero-order chi connectivity index (χ0) is 15.9. The van der Waals surface area contributed by atoms with E-state index in [4.69, 9.17) is 0 Å². The second kappa shape index (κ2) is 7.56. The fourth-order valence-corrected chi connectivity index (χ4v) is 2.52. The minimum atomic E-state index is -0.354. The molecule has 0 radical (unpaired) electrons. The minimum absolute atomic E-state index is 0.158. The van der Waals surface area contributed by atoms with Crippen LogP contribution in [0.3, 0.4) is 0 Å². The average Bonchev–Trinajstić information content (AvgIpc) is 2.50. The molecule has 0 saturated carbocycles. The Bertz CT molecular complexity index is 656. The van der Waals surface area contributed by atoms with Gasteiger partial charge in [-0.2, -0.15) is 0 Å². The van der Waals surface area contributed by atoms with Gasteiger partial charge in [-0.3, -0.25) is 20.4 Å². The van der Waals surface area contributed by atoms with Crippen LogP contribution in [0.5, 0.6) is 0 Å². The van der Waals surface area contributed by atoms with Crippen molar-refractivity contribution in [3.05, 3.63) is 53.5 Å². The van der Waals surface area contributed by atoms with E-state index in [2.05, 4.69) is 20.8 Å². The fraction of sp³-hybridized carbons (Fsp3) is 0.200. The number of rotatable bonds is 4. The summed E-state index contributed by atoms with van der Waals surface area (Å²) in [5.74, 6) is 0.168. The quantitative estimate of drug-likeness (QED) is 0.509. The maximum absolute atomic E-state index is 11.8. The molecule has 2 amide bonds. The van der Waals surface area contributed by atoms with Crippen molar-refractivity contribution in [1.82, 2.24) is 20.8 Å². The van der Waals surface area contributed by atoms with Gasteiger partial charge in [-0.25, -0.2) is 9.97 Å². The number of thioether (sulfide) groups is 1. The summed E-state index contributed by atoms with van der Waals surface area (Å²) < 4.78 is 0. The van der Waals surface area contributed by atoms with E-state index in [0.717, 1.165) is 10.7 Å². The number of hydrogen-bond acceptors (Lipinski definition) is 5. The second-order valence-electron chi connectivity index (χ2n) is 4.55. The first-order valence-electron chi connectivity index (χ1n) is 6.64. The lowest BCUT2D eigenvalue weighted by Crippen LogP contribution is -2.42. The number of hydrogen-bond donors (Lipinski definition) is 2. The predicted molar refractivity (Wildman–Crippen MR) is 84.3 cm³/mol. The van der Waals surface area contributed by atoms with Crippen molar-refractivity contribution in [3.8, 4) is 0 Å². The van der Waals surface area contributed by atoms with E-state index >= 15 is 0 Å². The predicted octanol–water partition coefficient (Wildman–Crippen LogP) is 1.65. The average molecular weight is 316 g/mol. The number of nitrogens with zero attached hydrogens (tertiary/aromatic N) is 2. The lowest BCUT2D eigenvalue weighted by Gasteiger charge is -2.07. The topological polar surface area (TPSA) is 84.0 Å². The Morgan fingerprint density at radius 3 is 2.50 bits per heavy atom. The third kappa shape index (κ3) is 4.85. The van der Waals surface area contributed by atoms with Gasteiger partial charge >= 0.3 is 0 Å². The van der Waals surface area contributed by atoms with Gasteiger partial charge in [0.25, 0.3) is 5.91 Å². The van der Waals surface area contributed by atoms with Gasteiger partial charge < -0.3 is 0 Å². The SMILES string of the molecule is Cc1cc(SCC(=O)NNC(=O)c2ccccc2)nc(C)n1. The van der Waals surface area contributed by atoms with E-state index < -0.39 is 0 Å². The van der Waals surface area contributed by atoms with Crippen molar-refractivity contribution in [2.75, 3.05) is 5.75 Å². The summed E-state index contributed by atoms with van der Waals surface area (Å²) in [6.07, 6.45) is 0. The van der Waals surface area contributed by atoms with Gasteiger partial charge in [-0.05, 0) is 32.0 Å². The number of benzene rings is 1. The standard InChI is InChI=1S/C15H16N4O2S/c1-10-8-14(17-11(2)16-10)22-9-13(20)18-19-15(21)12-6-4-3-5-7-12/h3-8H,9H2,1-2H3,(H,18,20)(H,19,21). The molecule has 0 spiro atoms. The molecule has 1 aromatic heterocycles. The summed E-state index contributed by atoms with van der Waals surface area (Å²) in [4.78, 5) is 31.9. The molecule has 0 atom stereocenters. The molecular formula is C15H16N4O2S. The first-order chi connectivity index (χ1) is 10.5. The van der Waals surface area contributed by atoms with Gasteiger partial charge in [0, 0.05) is 11.3 Å². The molecule has 0 fully saturated rings. The monoisotopic (exact) mass is 316 g/mol. The van der Waals surface area contributed by atoms with E-state index in [1.165, 1.54) is 11.8 Å². The molecule has 2 rings (SSSR count). The van der Waals surface area contributed by atoms with Crippen LogP contribution in [-0.2, 0) is 4.79 Å². The summed E-state index contributed by atoms with van der Waals surface area (Å²) in [6, 6.07) is 10.5. The number of carbonyl (C=O) groups is 2. The summed E-state index contributed by atoms with van der Waals surface area (Å²) >= 11 is 1.29. The number of hydrazine groups is 1. The molecule has 114 valence electrons. The Kier molecular flexibility index (Phi) is 5.48. The number of aryl methyl sites for hydroxylation is 2.